The second-order valence-corrected chi connectivity index (χ2v) is 10.4. The first-order valence-electron chi connectivity index (χ1n) is 12.2. The van der Waals surface area contributed by atoms with Gasteiger partial charge in [-0.2, -0.15) is 13.2 Å². The first-order valence-corrected chi connectivity index (χ1v) is 12.9. The molecular formula is C28H22Cl2F3N3O4. The van der Waals surface area contributed by atoms with E-state index in [2.05, 4.69) is 10.5 Å². The van der Waals surface area contributed by atoms with Crippen molar-refractivity contribution in [3.8, 4) is 0 Å². The summed E-state index contributed by atoms with van der Waals surface area (Å²) >= 11 is 11.9. The summed E-state index contributed by atoms with van der Waals surface area (Å²) in [6, 6.07) is 16.5. The molecule has 2 amide bonds. The van der Waals surface area contributed by atoms with Gasteiger partial charge in [0.05, 0.1) is 12.3 Å². The van der Waals surface area contributed by atoms with E-state index in [-0.39, 0.29) is 45.9 Å². The molecule has 1 unspecified atom stereocenters. The summed E-state index contributed by atoms with van der Waals surface area (Å²) in [5.74, 6) is -0.899. The highest BCUT2D eigenvalue weighted by molar-refractivity contribution is 6.34. The molecule has 2 aliphatic rings. The van der Waals surface area contributed by atoms with Crippen LogP contribution in [0.25, 0.3) is 0 Å². The van der Waals surface area contributed by atoms with Gasteiger partial charge < -0.3 is 10.2 Å². The second kappa shape index (κ2) is 10.8. The summed E-state index contributed by atoms with van der Waals surface area (Å²) in [5.41, 5.74) is -1.05. The Bertz CT molecular complexity index is 1480. The minimum Gasteiger partial charge on any atom is -0.374 e. The number of amides is 2. The zero-order chi connectivity index (χ0) is 28.7. The standard InChI is InChI=1S/C28H22Cl2F3N3O4/c1-16-9-18(23-13-27(40-35-23,28(31,32)33)19-10-20(29)12-21(30)11-19)7-8-22(16)25(37)34-24-15-39-36(26(24)38)14-17-5-3-2-4-6-17/h2-12,24H,13-15H2,1H3,(H,34,37)/t24-,27?/m1/s1. The van der Waals surface area contributed by atoms with Crippen LogP contribution in [0, 0.1) is 6.92 Å². The van der Waals surface area contributed by atoms with Gasteiger partial charge in [0.2, 0.25) is 0 Å². The molecule has 7 nitrogen and oxygen atoms in total. The van der Waals surface area contributed by atoms with Crippen molar-refractivity contribution in [1.82, 2.24) is 10.4 Å². The number of hydrogen-bond acceptors (Lipinski definition) is 5. The Labute approximate surface area is 237 Å². The molecule has 1 saturated heterocycles. The largest absolute Gasteiger partial charge is 0.435 e. The monoisotopic (exact) mass is 591 g/mol. The quantitative estimate of drug-likeness (QED) is 0.384. The highest BCUT2D eigenvalue weighted by atomic mass is 35.5. The Morgan fingerprint density at radius 1 is 1.10 bits per heavy atom. The van der Waals surface area contributed by atoms with Crippen molar-refractivity contribution >= 4 is 40.7 Å². The highest BCUT2D eigenvalue weighted by Gasteiger charge is 2.62. The molecule has 40 heavy (non-hydrogen) atoms. The van der Waals surface area contributed by atoms with Crippen molar-refractivity contribution in [2.45, 2.75) is 37.7 Å². The number of alkyl halides is 3. The number of hydroxylamine groups is 2. The number of halogens is 5. The van der Waals surface area contributed by atoms with Crippen LogP contribution in [-0.4, -0.2) is 41.4 Å². The van der Waals surface area contributed by atoms with Crippen LogP contribution in [-0.2, 0) is 26.6 Å². The van der Waals surface area contributed by atoms with Crippen LogP contribution < -0.4 is 5.32 Å². The third-order valence-electron chi connectivity index (χ3n) is 6.73. The molecular weight excluding hydrogens is 570 g/mol. The molecule has 0 radical (unpaired) electrons. The molecule has 0 bridgehead atoms. The lowest BCUT2D eigenvalue weighted by Crippen LogP contribution is -2.43. The molecule has 12 heteroatoms. The lowest BCUT2D eigenvalue weighted by Gasteiger charge is -2.29. The Morgan fingerprint density at radius 3 is 2.45 bits per heavy atom. The molecule has 208 valence electrons. The summed E-state index contributed by atoms with van der Waals surface area (Å²) in [6.07, 6.45) is -5.45. The summed E-state index contributed by atoms with van der Waals surface area (Å²) in [5, 5.41) is 7.69. The molecule has 3 aromatic rings. The second-order valence-electron chi connectivity index (χ2n) is 9.50. The molecule has 1 fully saturated rings. The lowest BCUT2D eigenvalue weighted by atomic mass is 9.86. The van der Waals surface area contributed by atoms with E-state index in [1.165, 1.54) is 23.3 Å². The molecule has 0 spiro atoms. The van der Waals surface area contributed by atoms with E-state index < -0.39 is 30.1 Å². The molecule has 2 atom stereocenters. The van der Waals surface area contributed by atoms with Gasteiger partial charge in [-0.3, -0.25) is 14.4 Å². The summed E-state index contributed by atoms with van der Waals surface area (Å²) < 4.78 is 42.9. The van der Waals surface area contributed by atoms with E-state index in [0.29, 0.717) is 11.1 Å². The topological polar surface area (TPSA) is 80.2 Å². The Morgan fingerprint density at radius 2 is 1.80 bits per heavy atom. The number of carbonyl (C=O) groups is 2. The first kappa shape index (κ1) is 27.9. The number of nitrogens with zero attached hydrogens (tertiary/aromatic N) is 2. The van der Waals surface area contributed by atoms with Gasteiger partial charge in [0.25, 0.3) is 17.4 Å². The number of aryl methyl sites for hydroxylation is 1. The fourth-order valence-corrected chi connectivity index (χ4v) is 5.15. The van der Waals surface area contributed by atoms with Crippen LogP contribution in [0.4, 0.5) is 13.2 Å². The first-order chi connectivity index (χ1) is 19.0. The summed E-state index contributed by atoms with van der Waals surface area (Å²) in [7, 11) is 0. The number of carbonyl (C=O) groups excluding carboxylic acids is 2. The SMILES string of the molecule is Cc1cc(C2=NOC(c3cc(Cl)cc(Cl)c3)(C(F)(F)F)C2)ccc1C(=O)N[C@@H]1CON(Cc2ccccc2)C1=O. The molecule has 1 N–H and O–H groups in total. The molecule has 5 rings (SSSR count). The molecule has 0 aliphatic carbocycles. The van der Waals surface area contributed by atoms with E-state index in [0.717, 1.165) is 17.7 Å². The van der Waals surface area contributed by atoms with Gasteiger partial charge in [-0.25, -0.2) is 5.06 Å². The zero-order valence-corrected chi connectivity index (χ0v) is 22.5. The van der Waals surface area contributed by atoms with Crippen molar-refractivity contribution < 1.29 is 32.4 Å². The predicted octanol–water partition coefficient (Wildman–Crippen LogP) is 5.96. The van der Waals surface area contributed by atoms with Gasteiger partial charge in [-0.05, 0) is 53.9 Å². The number of nitrogens with one attached hydrogen (secondary N) is 1. The maximum absolute atomic E-state index is 14.3. The number of rotatable bonds is 6. The maximum atomic E-state index is 14.3. The smallest absolute Gasteiger partial charge is 0.374 e. The van der Waals surface area contributed by atoms with Crippen LogP contribution in [0.3, 0.4) is 0 Å². The van der Waals surface area contributed by atoms with E-state index >= 15 is 0 Å². The van der Waals surface area contributed by atoms with Crippen molar-refractivity contribution in [3.05, 3.63) is 105 Å². The third-order valence-corrected chi connectivity index (χ3v) is 7.17. The van der Waals surface area contributed by atoms with Crippen LogP contribution >= 0.6 is 23.2 Å². The van der Waals surface area contributed by atoms with Gasteiger partial charge >= 0.3 is 6.18 Å². The highest BCUT2D eigenvalue weighted by Crippen LogP contribution is 2.49. The van der Waals surface area contributed by atoms with Gasteiger partial charge in [0, 0.05) is 27.6 Å². The summed E-state index contributed by atoms with van der Waals surface area (Å²) in [6.45, 7) is 1.86. The Hall–Kier alpha value is -3.60. The third kappa shape index (κ3) is 5.39. The predicted molar refractivity (Wildman–Crippen MR) is 142 cm³/mol. The van der Waals surface area contributed by atoms with E-state index in [4.69, 9.17) is 32.9 Å². The Balaban J connectivity index is 1.29. The Kier molecular flexibility index (Phi) is 7.52. The maximum Gasteiger partial charge on any atom is 0.435 e. The molecule has 0 aromatic heterocycles. The van der Waals surface area contributed by atoms with Crippen LogP contribution in [0.2, 0.25) is 10.0 Å². The minimum atomic E-state index is -4.83. The van der Waals surface area contributed by atoms with Crippen molar-refractivity contribution in [2.75, 3.05) is 6.61 Å². The van der Waals surface area contributed by atoms with Crippen molar-refractivity contribution in [1.29, 1.82) is 0 Å². The lowest BCUT2D eigenvalue weighted by molar-refractivity contribution is -0.275. The zero-order valence-electron chi connectivity index (χ0n) is 21.0. The van der Waals surface area contributed by atoms with Gasteiger partial charge in [-0.1, -0.05) is 64.8 Å². The molecule has 2 heterocycles. The van der Waals surface area contributed by atoms with Gasteiger partial charge in [0.15, 0.2) is 0 Å². The van der Waals surface area contributed by atoms with Gasteiger partial charge in [-0.15, -0.1) is 0 Å². The molecule has 2 aliphatic heterocycles. The number of benzene rings is 3. The van der Waals surface area contributed by atoms with Gasteiger partial charge in [0.1, 0.15) is 12.6 Å². The molecule has 0 saturated carbocycles. The van der Waals surface area contributed by atoms with Crippen molar-refractivity contribution in [2.24, 2.45) is 5.16 Å². The fraction of sp³-hybridized carbons (Fsp3) is 0.250. The minimum absolute atomic E-state index is 0.0181. The van der Waals surface area contributed by atoms with Crippen LogP contribution in [0.5, 0.6) is 0 Å². The summed E-state index contributed by atoms with van der Waals surface area (Å²) in [4.78, 5) is 36.2. The van der Waals surface area contributed by atoms with Crippen LogP contribution in [0.1, 0.15) is 39.0 Å². The van der Waals surface area contributed by atoms with Crippen molar-refractivity contribution in [3.63, 3.8) is 0 Å². The molecule has 3 aromatic carbocycles. The normalized spacial score (nSPS) is 20.9. The fourth-order valence-electron chi connectivity index (χ4n) is 4.63. The van der Waals surface area contributed by atoms with Crippen LogP contribution in [0.15, 0.2) is 71.9 Å². The van der Waals surface area contributed by atoms with E-state index in [9.17, 15) is 22.8 Å². The van der Waals surface area contributed by atoms with E-state index in [1.54, 1.807) is 13.0 Å². The average Bonchev–Trinajstić information content (AvgIpc) is 3.50. The van der Waals surface area contributed by atoms with E-state index in [1.807, 2.05) is 30.3 Å². The number of hydrogen-bond donors (Lipinski definition) is 1. The number of oxime groups is 1. The average molecular weight is 592 g/mol.